The van der Waals surface area contributed by atoms with Gasteiger partial charge in [0.25, 0.3) is 0 Å². The number of amides is 1. The second-order valence-electron chi connectivity index (χ2n) is 6.16. The number of halogens is 1. The molecule has 0 saturated heterocycles. The molecule has 0 spiro atoms. The molecule has 2 aromatic carbocycles. The Balaban J connectivity index is 1.73. The van der Waals surface area contributed by atoms with Crippen molar-refractivity contribution in [2.75, 3.05) is 0 Å². The van der Waals surface area contributed by atoms with Crippen molar-refractivity contribution in [2.24, 2.45) is 0 Å². The van der Waals surface area contributed by atoms with Gasteiger partial charge in [0.2, 0.25) is 5.91 Å². The molecule has 0 radical (unpaired) electrons. The minimum absolute atomic E-state index is 0.0900. The SMILES string of the molecule is Cc1ccc2c(CC(=O)N[C@@H](C)c3ccc(F)cc3)coc2c1C. The maximum atomic E-state index is 13.0. The van der Waals surface area contributed by atoms with Crippen LogP contribution in [-0.2, 0) is 11.2 Å². The maximum Gasteiger partial charge on any atom is 0.225 e. The smallest absolute Gasteiger partial charge is 0.225 e. The van der Waals surface area contributed by atoms with Crippen LogP contribution < -0.4 is 5.32 Å². The third-order valence-corrected chi connectivity index (χ3v) is 4.44. The summed E-state index contributed by atoms with van der Waals surface area (Å²) in [6, 6.07) is 10.0. The largest absolute Gasteiger partial charge is 0.464 e. The number of nitrogens with one attached hydrogen (secondary N) is 1. The normalized spacial score (nSPS) is 12.3. The average Bonchev–Trinajstić information content (AvgIpc) is 2.95. The number of hydrogen-bond donors (Lipinski definition) is 1. The van der Waals surface area contributed by atoms with Gasteiger partial charge in [-0.3, -0.25) is 4.79 Å². The predicted octanol–water partition coefficient (Wildman–Crippen LogP) is 4.61. The van der Waals surface area contributed by atoms with Gasteiger partial charge in [-0.25, -0.2) is 4.39 Å². The third-order valence-electron chi connectivity index (χ3n) is 4.44. The molecule has 1 atom stereocenters. The number of rotatable bonds is 4. The molecule has 0 aliphatic carbocycles. The van der Waals surface area contributed by atoms with Gasteiger partial charge < -0.3 is 9.73 Å². The van der Waals surface area contributed by atoms with Crippen LogP contribution in [-0.4, -0.2) is 5.91 Å². The monoisotopic (exact) mass is 325 g/mol. The molecule has 4 heteroatoms. The Kier molecular flexibility index (Phi) is 4.38. The first kappa shape index (κ1) is 16.2. The van der Waals surface area contributed by atoms with Crippen LogP contribution in [0, 0.1) is 19.7 Å². The number of hydrogen-bond acceptors (Lipinski definition) is 2. The van der Waals surface area contributed by atoms with E-state index in [1.165, 1.54) is 12.1 Å². The van der Waals surface area contributed by atoms with E-state index in [1.54, 1.807) is 18.4 Å². The molecule has 3 nitrogen and oxygen atoms in total. The molecule has 1 amide bonds. The van der Waals surface area contributed by atoms with Crippen molar-refractivity contribution in [3.8, 4) is 0 Å². The minimum Gasteiger partial charge on any atom is -0.464 e. The molecule has 3 aromatic rings. The Morgan fingerprint density at radius 2 is 1.88 bits per heavy atom. The molecule has 24 heavy (non-hydrogen) atoms. The van der Waals surface area contributed by atoms with Crippen molar-refractivity contribution in [1.29, 1.82) is 0 Å². The Labute approximate surface area is 140 Å². The first-order chi connectivity index (χ1) is 11.5. The molecule has 1 heterocycles. The van der Waals surface area contributed by atoms with Crippen molar-refractivity contribution < 1.29 is 13.6 Å². The summed E-state index contributed by atoms with van der Waals surface area (Å²) in [5, 5.41) is 3.92. The zero-order valence-corrected chi connectivity index (χ0v) is 14.0. The van der Waals surface area contributed by atoms with Crippen LogP contribution in [0.25, 0.3) is 11.0 Å². The Morgan fingerprint density at radius 1 is 1.17 bits per heavy atom. The summed E-state index contributed by atoms with van der Waals surface area (Å²) in [5.74, 6) is -0.374. The highest BCUT2D eigenvalue weighted by atomic mass is 19.1. The fourth-order valence-corrected chi connectivity index (χ4v) is 2.83. The highest BCUT2D eigenvalue weighted by Gasteiger charge is 2.15. The molecule has 3 rings (SSSR count). The summed E-state index contributed by atoms with van der Waals surface area (Å²) in [5.41, 5.74) is 4.84. The fourth-order valence-electron chi connectivity index (χ4n) is 2.83. The first-order valence-electron chi connectivity index (χ1n) is 7.97. The summed E-state index contributed by atoms with van der Waals surface area (Å²) in [7, 11) is 0. The van der Waals surface area contributed by atoms with Crippen molar-refractivity contribution in [2.45, 2.75) is 33.2 Å². The van der Waals surface area contributed by atoms with Crippen LogP contribution in [0.1, 0.15) is 35.2 Å². The van der Waals surface area contributed by atoms with Crippen LogP contribution in [0.3, 0.4) is 0 Å². The van der Waals surface area contributed by atoms with E-state index >= 15 is 0 Å². The summed E-state index contributed by atoms with van der Waals surface area (Å²) < 4.78 is 18.6. The quantitative estimate of drug-likeness (QED) is 0.761. The van der Waals surface area contributed by atoms with Gasteiger partial charge in [0, 0.05) is 10.9 Å². The lowest BCUT2D eigenvalue weighted by atomic mass is 10.0. The van der Waals surface area contributed by atoms with Gasteiger partial charge in [-0.15, -0.1) is 0 Å². The lowest BCUT2D eigenvalue weighted by Crippen LogP contribution is -2.28. The summed E-state index contributed by atoms with van der Waals surface area (Å²) in [4.78, 5) is 12.3. The molecular weight excluding hydrogens is 305 g/mol. The molecule has 0 saturated carbocycles. The van der Waals surface area contributed by atoms with Crippen LogP contribution in [0.4, 0.5) is 4.39 Å². The minimum atomic E-state index is -0.284. The average molecular weight is 325 g/mol. The van der Waals surface area contributed by atoms with Gasteiger partial charge in [-0.2, -0.15) is 0 Å². The second-order valence-corrected chi connectivity index (χ2v) is 6.16. The fraction of sp³-hybridized carbons (Fsp3) is 0.250. The molecule has 1 N–H and O–H groups in total. The zero-order valence-electron chi connectivity index (χ0n) is 14.0. The molecule has 0 fully saturated rings. The van der Waals surface area contributed by atoms with Crippen LogP contribution in [0.5, 0.6) is 0 Å². The van der Waals surface area contributed by atoms with E-state index in [9.17, 15) is 9.18 Å². The van der Waals surface area contributed by atoms with E-state index in [0.29, 0.717) is 0 Å². The summed E-state index contributed by atoms with van der Waals surface area (Å²) >= 11 is 0. The topological polar surface area (TPSA) is 42.2 Å². The Hall–Kier alpha value is -2.62. The van der Waals surface area contributed by atoms with Crippen LogP contribution in [0.15, 0.2) is 47.1 Å². The Bertz CT molecular complexity index is 881. The molecule has 0 aliphatic heterocycles. The highest BCUT2D eigenvalue weighted by Crippen LogP contribution is 2.27. The van der Waals surface area contributed by atoms with Crippen molar-refractivity contribution in [3.05, 3.63) is 70.7 Å². The number of benzene rings is 2. The lowest BCUT2D eigenvalue weighted by Gasteiger charge is -2.14. The van der Waals surface area contributed by atoms with Crippen molar-refractivity contribution in [1.82, 2.24) is 5.32 Å². The lowest BCUT2D eigenvalue weighted by molar-refractivity contribution is -0.121. The number of fused-ring (bicyclic) bond motifs is 1. The van der Waals surface area contributed by atoms with E-state index in [4.69, 9.17) is 4.42 Å². The van der Waals surface area contributed by atoms with E-state index in [2.05, 4.69) is 5.32 Å². The summed E-state index contributed by atoms with van der Waals surface area (Å²) in [6.07, 6.45) is 1.90. The first-order valence-corrected chi connectivity index (χ1v) is 7.97. The van der Waals surface area contributed by atoms with E-state index in [0.717, 1.165) is 33.2 Å². The predicted molar refractivity (Wildman–Crippen MR) is 92.3 cm³/mol. The molecule has 0 unspecified atom stereocenters. The standard InChI is InChI=1S/C20H20FNO2/c1-12-4-9-18-16(11-24-20(18)13(12)2)10-19(23)22-14(3)15-5-7-17(21)8-6-15/h4-9,11,14H,10H2,1-3H3,(H,22,23)/t14-/m0/s1. The molecule has 0 aliphatic rings. The number of furan rings is 1. The van der Waals surface area contributed by atoms with Crippen LogP contribution in [0.2, 0.25) is 0 Å². The van der Waals surface area contributed by atoms with Gasteiger partial charge in [-0.05, 0) is 49.6 Å². The zero-order chi connectivity index (χ0) is 17.3. The van der Waals surface area contributed by atoms with Gasteiger partial charge >= 0.3 is 0 Å². The van der Waals surface area contributed by atoms with Gasteiger partial charge in [0.15, 0.2) is 0 Å². The van der Waals surface area contributed by atoms with E-state index in [1.807, 2.05) is 32.9 Å². The van der Waals surface area contributed by atoms with E-state index in [-0.39, 0.29) is 24.2 Å². The van der Waals surface area contributed by atoms with E-state index < -0.39 is 0 Å². The van der Waals surface area contributed by atoms with Crippen LogP contribution >= 0.6 is 0 Å². The third kappa shape index (κ3) is 3.18. The number of carbonyl (C=O) groups excluding carboxylic acids is 1. The molecular formula is C20H20FNO2. The molecule has 0 bridgehead atoms. The van der Waals surface area contributed by atoms with Gasteiger partial charge in [-0.1, -0.05) is 24.3 Å². The van der Waals surface area contributed by atoms with Gasteiger partial charge in [0.1, 0.15) is 11.4 Å². The number of aryl methyl sites for hydroxylation is 2. The van der Waals surface area contributed by atoms with Crippen molar-refractivity contribution in [3.63, 3.8) is 0 Å². The number of carbonyl (C=O) groups is 1. The Morgan fingerprint density at radius 3 is 2.58 bits per heavy atom. The summed E-state index contributed by atoms with van der Waals surface area (Å²) in [6.45, 7) is 5.93. The highest BCUT2D eigenvalue weighted by molar-refractivity contribution is 5.89. The van der Waals surface area contributed by atoms with Gasteiger partial charge in [0.05, 0.1) is 18.7 Å². The molecule has 1 aromatic heterocycles. The molecule has 124 valence electrons. The van der Waals surface area contributed by atoms with Crippen molar-refractivity contribution >= 4 is 16.9 Å². The second kappa shape index (κ2) is 6.48. The maximum absolute atomic E-state index is 13.0.